The van der Waals surface area contributed by atoms with Crippen molar-refractivity contribution in [2.45, 2.75) is 44.8 Å². The molecule has 1 N–H and O–H groups in total. The van der Waals surface area contributed by atoms with E-state index in [1.807, 2.05) is 41.7 Å². The average molecular weight is 461 g/mol. The molecule has 1 aromatic carbocycles. The van der Waals surface area contributed by atoms with Crippen LogP contribution in [0.4, 0.5) is 0 Å². The first kappa shape index (κ1) is 23.9. The average Bonchev–Trinajstić information content (AvgIpc) is 3.37. The van der Waals surface area contributed by atoms with Gasteiger partial charge in [0.05, 0.1) is 42.9 Å². The fourth-order valence-corrected chi connectivity index (χ4v) is 4.35. The molecular formula is C26H32N6O2. The topological polar surface area (TPSA) is 95.5 Å². The Morgan fingerprint density at radius 2 is 2.09 bits per heavy atom. The number of rotatable bonds is 8. The van der Waals surface area contributed by atoms with Crippen LogP contribution in [0.3, 0.4) is 0 Å². The van der Waals surface area contributed by atoms with E-state index in [0.717, 1.165) is 36.2 Å². The van der Waals surface area contributed by atoms with Crippen LogP contribution in [0.1, 0.15) is 49.0 Å². The molecule has 8 heteroatoms. The van der Waals surface area contributed by atoms with Crippen molar-refractivity contribution in [3.8, 4) is 6.07 Å². The van der Waals surface area contributed by atoms with E-state index < -0.39 is 6.04 Å². The molecule has 2 unspecified atom stereocenters. The van der Waals surface area contributed by atoms with Gasteiger partial charge in [-0.25, -0.2) is 4.98 Å². The third-order valence-corrected chi connectivity index (χ3v) is 6.37. The van der Waals surface area contributed by atoms with Gasteiger partial charge in [-0.3, -0.25) is 9.79 Å². The number of aliphatic imine (C=N–C) groups is 1. The maximum Gasteiger partial charge on any atom is 0.248 e. The maximum absolute atomic E-state index is 13.2. The van der Waals surface area contributed by atoms with Crippen LogP contribution in [0.2, 0.25) is 0 Å². The Balaban J connectivity index is 1.42. The predicted molar refractivity (Wildman–Crippen MR) is 131 cm³/mol. The minimum Gasteiger partial charge on any atom is -0.378 e. The Morgan fingerprint density at radius 3 is 2.79 bits per heavy atom. The van der Waals surface area contributed by atoms with Crippen molar-refractivity contribution >= 4 is 11.6 Å². The zero-order valence-electron chi connectivity index (χ0n) is 19.7. The number of nitriles is 1. The normalized spacial score (nSPS) is 19.1. The molecule has 34 heavy (non-hydrogen) atoms. The van der Waals surface area contributed by atoms with Crippen molar-refractivity contribution in [1.29, 1.82) is 5.26 Å². The fourth-order valence-electron chi connectivity index (χ4n) is 4.35. The number of aromatic nitrogens is 2. The number of hydrogen-bond acceptors (Lipinski definition) is 6. The molecule has 4 rings (SSSR count). The standard InChI is InChI=1S/C26H32N6O2/c1-20(22-9-7-21(15-27)8-10-22)32-19-29-17-24(32)16-28-18-25(30-23-5-3-2-4-6-23)26(33)31-11-13-34-14-12-31/h3,5,7-10,17,19-20,25,28H,2,4,6,11-14,16,18H2,1H3. The first-order valence-electron chi connectivity index (χ1n) is 12.0. The zero-order chi connectivity index (χ0) is 23.8. The summed E-state index contributed by atoms with van der Waals surface area (Å²) in [5.41, 5.74) is 3.78. The van der Waals surface area contributed by atoms with Gasteiger partial charge in [-0.05, 0) is 50.0 Å². The highest BCUT2D eigenvalue weighted by atomic mass is 16.5. The van der Waals surface area contributed by atoms with E-state index in [2.05, 4.69) is 40.0 Å². The minimum absolute atomic E-state index is 0.0572. The quantitative estimate of drug-likeness (QED) is 0.654. The summed E-state index contributed by atoms with van der Waals surface area (Å²) in [7, 11) is 0. The van der Waals surface area contributed by atoms with E-state index in [0.29, 0.717) is 45.0 Å². The summed E-state index contributed by atoms with van der Waals surface area (Å²) in [6.07, 6.45) is 10.9. The molecule has 2 aliphatic rings. The lowest BCUT2D eigenvalue weighted by Crippen LogP contribution is -2.48. The third-order valence-electron chi connectivity index (χ3n) is 6.37. The number of allylic oxidation sites excluding steroid dienone is 2. The van der Waals surface area contributed by atoms with Crippen LogP contribution < -0.4 is 5.32 Å². The lowest BCUT2D eigenvalue weighted by atomic mass is 10.1. The highest BCUT2D eigenvalue weighted by Gasteiger charge is 2.26. The number of morpholine rings is 1. The monoisotopic (exact) mass is 460 g/mol. The Labute approximate surface area is 201 Å². The van der Waals surface area contributed by atoms with Crippen LogP contribution in [0, 0.1) is 11.3 Å². The number of amides is 1. The number of imidazole rings is 1. The van der Waals surface area contributed by atoms with Gasteiger partial charge >= 0.3 is 0 Å². The van der Waals surface area contributed by atoms with Gasteiger partial charge in [-0.2, -0.15) is 5.26 Å². The van der Waals surface area contributed by atoms with Crippen molar-refractivity contribution in [2.75, 3.05) is 32.8 Å². The minimum atomic E-state index is -0.455. The molecule has 0 saturated carbocycles. The molecular weight excluding hydrogens is 428 g/mol. The molecule has 178 valence electrons. The molecule has 1 aliphatic carbocycles. The third kappa shape index (κ3) is 5.99. The maximum atomic E-state index is 13.2. The van der Waals surface area contributed by atoms with Gasteiger partial charge in [0.15, 0.2) is 0 Å². The lowest BCUT2D eigenvalue weighted by Gasteiger charge is -2.29. The second-order valence-electron chi connectivity index (χ2n) is 8.70. The molecule has 1 aromatic heterocycles. The first-order valence-corrected chi connectivity index (χ1v) is 12.0. The van der Waals surface area contributed by atoms with Crippen LogP contribution in [-0.4, -0.2) is 65.0 Å². The van der Waals surface area contributed by atoms with Crippen LogP contribution in [0.25, 0.3) is 0 Å². The molecule has 2 aromatic rings. The van der Waals surface area contributed by atoms with Gasteiger partial charge < -0.3 is 19.5 Å². The number of carbonyl (C=O) groups is 1. The molecule has 0 spiro atoms. The van der Waals surface area contributed by atoms with Crippen LogP contribution in [-0.2, 0) is 16.1 Å². The molecule has 0 radical (unpaired) electrons. The summed E-state index contributed by atoms with van der Waals surface area (Å²) in [4.78, 5) is 24.3. The van der Waals surface area contributed by atoms with Gasteiger partial charge in [0.1, 0.15) is 6.04 Å². The summed E-state index contributed by atoms with van der Waals surface area (Å²) >= 11 is 0. The van der Waals surface area contributed by atoms with Crippen molar-refractivity contribution in [3.05, 3.63) is 65.8 Å². The van der Waals surface area contributed by atoms with Crippen molar-refractivity contribution < 1.29 is 9.53 Å². The van der Waals surface area contributed by atoms with E-state index in [9.17, 15) is 4.79 Å². The molecule has 2 atom stereocenters. The molecule has 0 bridgehead atoms. The number of ether oxygens (including phenoxy) is 1. The number of benzene rings is 1. The molecule has 1 fully saturated rings. The summed E-state index contributed by atoms with van der Waals surface area (Å²) < 4.78 is 7.53. The fraction of sp³-hybridized carbons (Fsp3) is 0.462. The molecule has 2 heterocycles. The van der Waals surface area contributed by atoms with E-state index >= 15 is 0 Å². The van der Waals surface area contributed by atoms with E-state index in [4.69, 9.17) is 15.0 Å². The zero-order valence-corrected chi connectivity index (χ0v) is 19.7. The molecule has 1 saturated heterocycles. The highest BCUT2D eigenvalue weighted by Crippen LogP contribution is 2.20. The SMILES string of the molecule is CC(c1ccc(C#N)cc1)n1cncc1CNCC(N=C1C=CCCC1)C(=O)N1CCOCC1. The largest absolute Gasteiger partial charge is 0.378 e. The molecule has 1 amide bonds. The van der Waals surface area contributed by atoms with Gasteiger partial charge in [0.2, 0.25) is 5.91 Å². The van der Waals surface area contributed by atoms with Gasteiger partial charge in [0.25, 0.3) is 0 Å². The number of carbonyl (C=O) groups excluding carboxylic acids is 1. The second-order valence-corrected chi connectivity index (χ2v) is 8.70. The summed E-state index contributed by atoms with van der Waals surface area (Å²) in [5.74, 6) is 0.0572. The highest BCUT2D eigenvalue weighted by molar-refractivity contribution is 5.97. The number of hydrogen-bond donors (Lipinski definition) is 1. The Bertz CT molecular complexity index is 1060. The van der Waals surface area contributed by atoms with Crippen molar-refractivity contribution in [1.82, 2.24) is 19.8 Å². The van der Waals surface area contributed by atoms with E-state index in [-0.39, 0.29) is 11.9 Å². The van der Waals surface area contributed by atoms with Gasteiger partial charge in [-0.1, -0.05) is 18.2 Å². The van der Waals surface area contributed by atoms with Crippen LogP contribution >= 0.6 is 0 Å². The molecule has 8 nitrogen and oxygen atoms in total. The number of nitrogens with zero attached hydrogens (tertiary/aromatic N) is 5. The van der Waals surface area contributed by atoms with E-state index in [1.165, 1.54) is 0 Å². The Hall–Kier alpha value is -3.28. The summed E-state index contributed by atoms with van der Waals surface area (Å²) in [6.45, 7) is 5.54. The summed E-state index contributed by atoms with van der Waals surface area (Å²) in [6, 6.07) is 9.40. The Morgan fingerprint density at radius 1 is 1.29 bits per heavy atom. The lowest BCUT2D eigenvalue weighted by molar-refractivity contribution is -0.136. The molecule has 1 aliphatic heterocycles. The van der Waals surface area contributed by atoms with Crippen LogP contribution in [0.5, 0.6) is 0 Å². The Kier molecular flexibility index (Phi) is 8.23. The van der Waals surface area contributed by atoms with Crippen molar-refractivity contribution in [3.63, 3.8) is 0 Å². The smallest absolute Gasteiger partial charge is 0.248 e. The first-order chi connectivity index (χ1) is 16.7. The predicted octanol–water partition coefficient (Wildman–Crippen LogP) is 2.86. The summed E-state index contributed by atoms with van der Waals surface area (Å²) in [5, 5.41) is 12.5. The van der Waals surface area contributed by atoms with Gasteiger partial charge in [0, 0.05) is 38.1 Å². The number of nitrogens with one attached hydrogen (secondary N) is 1. The van der Waals surface area contributed by atoms with Gasteiger partial charge in [-0.15, -0.1) is 0 Å². The van der Waals surface area contributed by atoms with E-state index in [1.54, 1.807) is 0 Å². The van der Waals surface area contributed by atoms with Crippen molar-refractivity contribution in [2.24, 2.45) is 4.99 Å². The second kappa shape index (κ2) is 11.7. The van der Waals surface area contributed by atoms with Crippen LogP contribution in [0.15, 0.2) is 53.9 Å².